The molecule has 2 fully saturated rings. The van der Waals surface area contributed by atoms with Gasteiger partial charge in [-0.25, -0.2) is 0 Å². The third kappa shape index (κ3) is 3.61. The molecule has 2 unspecified atom stereocenters. The largest absolute Gasteiger partial charge is 0.346 e. The van der Waals surface area contributed by atoms with E-state index in [1.165, 1.54) is 0 Å². The van der Waals surface area contributed by atoms with Gasteiger partial charge in [0.15, 0.2) is 6.29 Å². The SMILES string of the molecule is CC1CCNC(C(=O)Nc2ccc(C3OCCO3)cc2)C1. The smallest absolute Gasteiger partial charge is 0.241 e. The molecule has 5 heteroatoms. The highest BCUT2D eigenvalue weighted by atomic mass is 16.7. The number of nitrogens with one attached hydrogen (secondary N) is 2. The van der Waals surface area contributed by atoms with E-state index in [-0.39, 0.29) is 18.2 Å². The number of piperidine rings is 1. The van der Waals surface area contributed by atoms with Gasteiger partial charge in [0.2, 0.25) is 5.91 Å². The van der Waals surface area contributed by atoms with Crippen LogP contribution in [0.15, 0.2) is 24.3 Å². The van der Waals surface area contributed by atoms with E-state index in [0.29, 0.717) is 19.1 Å². The fourth-order valence-corrected chi connectivity index (χ4v) is 2.81. The van der Waals surface area contributed by atoms with Gasteiger partial charge in [-0.3, -0.25) is 4.79 Å². The lowest BCUT2D eigenvalue weighted by atomic mass is 9.94. The molecule has 2 aliphatic heterocycles. The Morgan fingerprint density at radius 1 is 1.24 bits per heavy atom. The molecule has 2 heterocycles. The number of hydrogen-bond acceptors (Lipinski definition) is 4. The van der Waals surface area contributed by atoms with Crippen molar-refractivity contribution in [3.05, 3.63) is 29.8 Å². The molecule has 3 rings (SSSR count). The number of amides is 1. The third-order valence-corrected chi connectivity index (χ3v) is 4.05. The first-order valence-electron chi connectivity index (χ1n) is 7.60. The summed E-state index contributed by atoms with van der Waals surface area (Å²) in [7, 11) is 0. The quantitative estimate of drug-likeness (QED) is 0.894. The molecular weight excluding hydrogens is 268 g/mol. The Labute approximate surface area is 125 Å². The van der Waals surface area contributed by atoms with Crippen molar-refractivity contribution >= 4 is 11.6 Å². The zero-order valence-corrected chi connectivity index (χ0v) is 12.3. The Balaban J connectivity index is 1.58. The van der Waals surface area contributed by atoms with Gasteiger partial charge in [-0.05, 0) is 37.4 Å². The number of anilines is 1. The van der Waals surface area contributed by atoms with Crippen LogP contribution in [0.25, 0.3) is 0 Å². The maximum absolute atomic E-state index is 12.2. The van der Waals surface area contributed by atoms with E-state index in [4.69, 9.17) is 9.47 Å². The van der Waals surface area contributed by atoms with Crippen LogP contribution < -0.4 is 10.6 Å². The second-order valence-corrected chi connectivity index (χ2v) is 5.82. The van der Waals surface area contributed by atoms with Crippen LogP contribution in [0, 0.1) is 5.92 Å². The summed E-state index contributed by atoms with van der Waals surface area (Å²) < 4.78 is 10.9. The highest BCUT2D eigenvalue weighted by molar-refractivity contribution is 5.94. The maximum Gasteiger partial charge on any atom is 0.241 e. The van der Waals surface area contributed by atoms with Crippen LogP contribution in [0.5, 0.6) is 0 Å². The second-order valence-electron chi connectivity index (χ2n) is 5.82. The topological polar surface area (TPSA) is 59.6 Å². The number of carbonyl (C=O) groups excluding carboxylic acids is 1. The van der Waals surface area contributed by atoms with Crippen molar-refractivity contribution in [2.75, 3.05) is 25.1 Å². The predicted molar refractivity (Wildman–Crippen MR) is 79.9 cm³/mol. The van der Waals surface area contributed by atoms with Crippen LogP contribution in [0.3, 0.4) is 0 Å². The summed E-state index contributed by atoms with van der Waals surface area (Å²) in [6.07, 6.45) is 1.77. The summed E-state index contributed by atoms with van der Waals surface area (Å²) >= 11 is 0. The minimum absolute atomic E-state index is 0.0441. The fourth-order valence-electron chi connectivity index (χ4n) is 2.81. The summed E-state index contributed by atoms with van der Waals surface area (Å²) in [5.74, 6) is 0.642. The standard InChI is InChI=1S/C16H22N2O3/c1-11-6-7-17-14(10-11)15(19)18-13-4-2-12(3-5-13)16-20-8-9-21-16/h2-5,11,14,16-17H,6-10H2,1H3,(H,18,19). The molecule has 1 aromatic carbocycles. The van der Waals surface area contributed by atoms with Gasteiger partial charge in [-0.15, -0.1) is 0 Å². The van der Waals surface area contributed by atoms with Crippen LogP contribution in [0.4, 0.5) is 5.69 Å². The second kappa shape index (κ2) is 6.56. The normalized spacial score (nSPS) is 26.7. The van der Waals surface area contributed by atoms with Crippen molar-refractivity contribution in [3.63, 3.8) is 0 Å². The van der Waals surface area contributed by atoms with Crippen molar-refractivity contribution in [1.82, 2.24) is 5.32 Å². The number of carbonyl (C=O) groups is 1. The van der Waals surface area contributed by atoms with Crippen LogP contribution >= 0.6 is 0 Å². The van der Waals surface area contributed by atoms with Gasteiger partial charge in [-0.1, -0.05) is 19.1 Å². The van der Waals surface area contributed by atoms with E-state index < -0.39 is 0 Å². The predicted octanol–water partition coefficient (Wildman–Crippen LogP) is 2.06. The maximum atomic E-state index is 12.2. The Kier molecular flexibility index (Phi) is 4.53. The van der Waals surface area contributed by atoms with Crippen molar-refractivity contribution < 1.29 is 14.3 Å². The molecule has 0 aromatic heterocycles. The summed E-state index contributed by atoms with van der Waals surface area (Å²) in [5, 5.41) is 6.24. The Hall–Kier alpha value is -1.43. The van der Waals surface area contributed by atoms with E-state index in [0.717, 1.165) is 30.6 Å². The molecule has 0 saturated carbocycles. The third-order valence-electron chi connectivity index (χ3n) is 4.05. The summed E-state index contributed by atoms with van der Waals surface area (Å²) in [6, 6.07) is 7.56. The van der Waals surface area contributed by atoms with Crippen LogP contribution in [-0.4, -0.2) is 31.7 Å². The minimum atomic E-state index is -0.268. The lowest BCUT2D eigenvalue weighted by Crippen LogP contribution is -2.45. The van der Waals surface area contributed by atoms with Gasteiger partial charge in [0.05, 0.1) is 19.3 Å². The average Bonchev–Trinajstić information content (AvgIpc) is 3.02. The molecule has 2 aliphatic rings. The van der Waals surface area contributed by atoms with Crippen molar-refractivity contribution in [2.45, 2.75) is 32.1 Å². The summed E-state index contributed by atoms with van der Waals surface area (Å²) in [6.45, 7) is 4.37. The van der Waals surface area contributed by atoms with Gasteiger partial charge >= 0.3 is 0 Å². The van der Waals surface area contributed by atoms with E-state index in [1.54, 1.807) is 0 Å². The van der Waals surface area contributed by atoms with Crippen molar-refractivity contribution in [3.8, 4) is 0 Å². The number of ether oxygens (including phenoxy) is 2. The molecule has 21 heavy (non-hydrogen) atoms. The Morgan fingerprint density at radius 2 is 1.95 bits per heavy atom. The first-order chi connectivity index (χ1) is 10.2. The Bertz CT molecular complexity index is 483. The van der Waals surface area contributed by atoms with Crippen LogP contribution in [0.1, 0.15) is 31.6 Å². The summed E-state index contributed by atoms with van der Waals surface area (Å²) in [5.41, 5.74) is 1.79. The number of hydrogen-bond donors (Lipinski definition) is 2. The molecule has 1 amide bonds. The zero-order chi connectivity index (χ0) is 14.7. The zero-order valence-electron chi connectivity index (χ0n) is 12.3. The molecule has 1 aromatic rings. The van der Waals surface area contributed by atoms with Crippen molar-refractivity contribution in [1.29, 1.82) is 0 Å². The first-order valence-corrected chi connectivity index (χ1v) is 7.60. The molecule has 2 atom stereocenters. The molecule has 0 radical (unpaired) electrons. The molecule has 0 bridgehead atoms. The lowest BCUT2D eigenvalue weighted by Gasteiger charge is -2.27. The van der Waals surface area contributed by atoms with Crippen molar-refractivity contribution in [2.24, 2.45) is 5.92 Å². The monoisotopic (exact) mass is 290 g/mol. The van der Waals surface area contributed by atoms with Gasteiger partial charge in [0, 0.05) is 11.3 Å². The molecule has 0 spiro atoms. The lowest BCUT2D eigenvalue weighted by molar-refractivity contribution is -0.119. The number of rotatable bonds is 3. The number of benzene rings is 1. The van der Waals surface area contributed by atoms with Crippen LogP contribution in [0.2, 0.25) is 0 Å². The average molecular weight is 290 g/mol. The van der Waals surface area contributed by atoms with Gasteiger partial charge in [-0.2, -0.15) is 0 Å². The molecule has 2 saturated heterocycles. The van der Waals surface area contributed by atoms with E-state index in [1.807, 2.05) is 24.3 Å². The minimum Gasteiger partial charge on any atom is -0.346 e. The fraction of sp³-hybridized carbons (Fsp3) is 0.562. The van der Waals surface area contributed by atoms with Crippen LogP contribution in [-0.2, 0) is 14.3 Å². The molecule has 114 valence electrons. The van der Waals surface area contributed by atoms with Gasteiger partial charge in [0.1, 0.15) is 0 Å². The Morgan fingerprint density at radius 3 is 2.62 bits per heavy atom. The highest BCUT2D eigenvalue weighted by Gasteiger charge is 2.24. The van der Waals surface area contributed by atoms with Gasteiger partial charge in [0.25, 0.3) is 0 Å². The highest BCUT2D eigenvalue weighted by Crippen LogP contribution is 2.24. The van der Waals surface area contributed by atoms with E-state index >= 15 is 0 Å². The molecule has 5 nitrogen and oxygen atoms in total. The molecule has 2 N–H and O–H groups in total. The summed E-state index contributed by atoms with van der Waals surface area (Å²) in [4.78, 5) is 12.2. The van der Waals surface area contributed by atoms with E-state index in [9.17, 15) is 4.79 Å². The molecular formula is C16H22N2O3. The molecule has 0 aliphatic carbocycles. The van der Waals surface area contributed by atoms with Gasteiger partial charge < -0.3 is 20.1 Å². The first kappa shape index (κ1) is 14.5. The van der Waals surface area contributed by atoms with E-state index in [2.05, 4.69) is 17.6 Å².